The van der Waals surface area contributed by atoms with E-state index in [-0.39, 0.29) is 5.60 Å². The summed E-state index contributed by atoms with van der Waals surface area (Å²) in [7, 11) is 0. The van der Waals surface area contributed by atoms with Gasteiger partial charge in [0.25, 0.3) is 0 Å². The normalized spacial score (nSPS) is 16.2. The molecule has 1 aliphatic carbocycles. The van der Waals surface area contributed by atoms with Crippen LogP contribution in [-0.2, 0) is 10.3 Å². The largest absolute Gasteiger partial charge is 0.367 e. The summed E-state index contributed by atoms with van der Waals surface area (Å²) in [6, 6.07) is 0.626. The van der Waals surface area contributed by atoms with Crippen molar-refractivity contribution in [1.29, 1.82) is 0 Å². The third kappa shape index (κ3) is 2.77. The van der Waals surface area contributed by atoms with Gasteiger partial charge in [0.15, 0.2) is 5.82 Å². The summed E-state index contributed by atoms with van der Waals surface area (Å²) in [5, 5.41) is 4.33. The van der Waals surface area contributed by atoms with E-state index in [1.165, 1.54) is 24.4 Å². The molecule has 0 spiro atoms. The van der Waals surface area contributed by atoms with Crippen LogP contribution in [0.3, 0.4) is 0 Å². The first-order valence-electron chi connectivity index (χ1n) is 6.48. The van der Waals surface area contributed by atoms with Crippen molar-refractivity contribution in [2.75, 3.05) is 11.9 Å². The number of hydrogen-bond acceptors (Lipinski definition) is 5. The van der Waals surface area contributed by atoms with Gasteiger partial charge in [-0.25, -0.2) is 4.98 Å². The van der Waals surface area contributed by atoms with E-state index in [9.17, 15) is 0 Å². The Kier molecular flexibility index (Phi) is 3.99. The molecule has 1 aromatic rings. The van der Waals surface area contributed by atoms with Crippen LogP contribution < -0.4 is 5.32 Å². The Labute approximate surface area is 107 Å². The number of nitrogens with one attached hydrogen (secondary N) is 1. The van der Waals surface area contributed by atoms with Gasteiger partial charge in [0, 0.05) is 24.2 Å². The minimum absolute atomic E-state index is 0.297. The number of aromatic nitrogens is 2. The van der Waals surface area contributed by atoms with Crippen molar-refractivity contribution in [3.63, 3.8) is 0 Å². The molecule has 0 saturated heterocycles. The fraction of sp³-hybridized carbons (Fsp3) is 0.833. The van der Waals surface area contributed by atoms with E-state index < -0.39 is 0 Å². The van der Waals surface area contributed by atoms with Gasteiger partial charge >= 0.3 is 0 Å². The summed E-state index contributed by atoms with van der Waals surface area (Å²) in [5.74, 6) is 0.845. The predicted molar refractivity (Wildman–Crippen MR) is 70.4 cm³/mol. The molecule has 96 valence electrons. The third-order valence-electron chi connectivity index (χ3n) is 3.30. The fourth-order valence-corrected chi connectivity index (χ4v) is 2.71. The van der Waals surface area contributed by atoms with Crippen molar-refractivity contribution in [3.8, 4) is 0 Å². The van der Waals surface area contributed by atoms with E-state index in [0.29, 0.717) is 12.6 Å². The van der Waals surface area contributed by atoms with Gasteiger partial charge in [0.1, 0.15) is 5.60 Å². The zero-order valence-corrected chi connectivity index (χ0v) is 11.6. The van der Waals surface area contributed by atoms with Gasteiger partial charge in [-0.3, -0.25) is 0 Å². The van der Waals surface area contributed by atoms with Crippen LogP contribution in [0.1, 0.15) is 52.3 Å². The molecule has 0 bridgehead atoms. The summed E-state index contributed by atoms with van der Waals surface area (Å²) >= 11 is 1.45. The number of ether oxygens (including phenoxy) is 1. The molecule has 4 nitrogen and oxygen atoms in total. The lowest BCUT2D eigenvalue weighted by Gasteiger charge is -2.28. The highest BCUT2D eigenvalue weighted by atomic mass is 32.1. The van der Waals surface area contributed by atoms with Crippen LogP contribution in [0.5, 0.6) is 0 Å². The van der Waals surface area contributed by atoms with Crippen molar-refractivity contribution in [2.45, 2.75) is 58.1 Å². The van der Waals surface area contributed by atoms with Gasteiger partial charge in [-0.05, 0) is 32.6 Å². The molecule has 1 aromatic heterocycles. The smallest absolute Gasteiger partial charge is 0.202 e. The molecule has 0 aromatic carbocycles. The Hall–Kier alpha value is -0.680. The standard InChI is InChI=1S/C12H21N3OS/c1-4-12(5-2,16-6-3)10-14-11(17-15-10)13-9-7-8-9/h9H,4-8H2,1-3H3,(H,13,14,15). The lowest BCUT2D eigenvalue weighted by atomic mass is 9.96. The van der Waals surface area contributed by atoms with Gasteiger partial charge in [0.05, 0.1) is 0 Å². The lowest BCUT2D eigenvalue weighted by molar-refractivity contribution is -0.0562. The summed E-state index contributed by atoms with van der Waals surface area (Å²) < 4.78 is 10.4. The van der Waals surface area contributed by atoms with Crippen molar-refractivity contribution in [2.24, 2.45) is 0 Å². The Bertz CT molecular complexity index is 358. The van der Waals surface area contributed by atoms with E-state index in [0.717, 1.165) is 23.8 Å². The quantitative estimate of drug-likeness (QED) is 0.813. The maximum Gasteiger partial charge on any atom is 0.202 e. The number of hydrogen-bond donors (Lipinski definition) is 1. The molecule has 1 N–H and O–H groups in total. The summed E-state index contributed by atoms with van der Waals surface area (Å²) in [4.78, 5) is 4.59. The van der Waals surface area contributed by atoms with Gasteiger partial charge in [0.2, 0.25) is 5.13 Å². The minimum Gasteiger partial charge on any atom is -0.367 e. The van der Waals surface area contributed by atoms with Crippen molar-refractivity contribution in [3.05, 3.63) is 5.82 Å². The zero-order valence-electron chi connectivity index (χ0n) is 10.8. The molecule has 17 heavy (non-hydrogen) atoms. The van der Waals surface area contributed by atoms with Gasteiger partial charge in [-0.1, -0.05) is 13.8 Å². The molecule has 5 heteroatoms. The second-order valence-electron chi connectivity index (χ2n) is 4.48. The van der Waals surface area contributed by atoms with Gasteiger partial charge in [-0.2, -0.15) is 4.37 Å². The van der Waals surface area contributed by atoms with E-state index in [2.05, 4.69) is 28.5 Å². The predicted octanol–water partition coefficient (Wildman–Crippen LogP) is 3.16. The zero-order chi connectivity index (χ0) is 12.3. The molecule has 0 atom stereocenters. The summed E-state index contributed by atoms with van der Waals surface area (Å²) in [5.41, 5.74) is -0.297. The Morgan fingerprint density at radius 3 is 2.59 bits per heavy atom. The minimum atomic E-state index is -0.297. The maximum absolute atomic E-state index is 5.90. The highest BCUT2D eigenvalue weighted by Gasteiger charge is 2.34. The topological polar surface area (TPSA) is 47.0 Å². The van der Waals surface area contributed by atoms with Gasteiger partial charge < -0.3 is 10.1 Å². The number of nitrogens with zero attached hydrogens (tertiary/aromatic N) is 2. The van der Waals surface area contributed by atoms with E-state index >= 15 is 0 Å². The molecule has 0 amide bonds. The van der Waals surface area contributed by atoms with Crippen LogP contribution in [0.2, 0.25) is 0 Å². The van der Waals surface area contributed by atoms with Crippen molar-refractivity contribution < 1.29 is 4.74 Å². The molecule has 0 unspecified atom stereocenters. The third-order valence-corrected chi connectivity index (χ3v) is 3.95. The lowest BCUT2D eigenvalue weighted by Crippen LogP contribution is -2.29. The number of anilines is 1. The second kappa shape index (κ2) is 5.31. The van der Waals surface area contributed by atoms with Crippen LogP contribution in [0.25, 0.3) is 0 Å². The summed E-state index contributed by atoms with van der Waals surface area (Å²) in [6.45, 7) is 6.99. The Morgan fingerprint density at radius 1 is 1.35 bits per heavy atom. The SMILES string of the molecule is CCOC(CC)(CC)c1nsc(NC2CC2)n1. The summed E-state index contributed by atoms with van der Waals surface area (Å²) in [6.07, 6.45) is 4.34. The highest BCUT2D eigenvalue weighted by Crippen LogP contribution is 2.34. The van der Waals surface area contributed by atoms with Crippen LogP contribution in [-0.4, -0.2) is 22.0 Å². The molecule has 1 saturated carbocycles. The average molecular weight is 255 g/mol. The van der Waals surface area contributed by atoms with E-state index in [4.69, 9.17) is 4.74 Å². The van der Waals surface area contributed by atoms with Crippen LogP contribution in [0.4, 0.5) is 5.13 Å². The van der Waals surface area contributed by atoms with Gasteiger partial charge in [-0.15, -0.1) is 0 Å². The highest BCUT2D eigenvalue weighted by molar-refractivity contribution is 7.09. The number of rotatable bonds is 7. The molecular weight excluding hydrogens is 234 g/mol. The molecule has 1 aliphatic rings. The average Bonchev–Trinajstić information content (AvgIpc) is 3.03. The first-order chi connectivity index (χ1) is 8.24. The fourth-order valence-electron chi connectivity index (χ4n) is 1.98. The Balaban J connectivity index is 2.13. The molecular formula is C12H21N3OS. The van der Waals surface area contributed by atoms with Crippen LogP contribution in [0, 0.1) is 0 Å². The monoisotopic (exact) mass is 255 g/mol. The Morgan fingerprint density at radius 2 is 2.06 bits per heavy atom. The first-order valence-corrected chi connectivity index (χ1v) is 7.26. The van der Waals surface area contributed by atoms with Crippen LogP contribution >= 0.6 is 11.5 Å². The first kappa shape index (κ1) is 12.8. The van der Waals surface area contributed by atoms with E-state index in [1.54, 1.807) is 0 Å². The molecule has 2 rings (SSSR count). The maximum atomic E-state index is 5.90. The molecule has 0 aliphatic heterocycles. The van der Waals surface area contributed by atoms with Crippen molar-refractivity contribution >= 4 is 16.7 Å². The van der Waals surface area contributed by atoms with E-state index in [1.807, 2.05) is 6.92 Å². The van der Waals surface area contributed by atoms with Crippen molar-refractivity contribution in [1.82, 2.24) is 9.36 Å². The molecule has 1 fully saturated rings. The van der Waals surface area contributed by atoms with Crippen LogP contribution in [0.15, 0.2) is 0 Å². The second-order valence-corrected chi connectivity index (χ2v) is 5.23. The molecule has 1 heterocycles. The molecule has 0 radical (unpaired) electrons.